The number of ketones is 2. The number of carbonyl (C=O) groups is 2. The van der Waals surface area contributed by atoms with E-state index in [2.05, 4.69) is 4.99 Å². The highest BCUT2D eigenvalue weighted by molar-refractivity contribution is 6.31. The predicted molar refractivity (Wildman–Crippen MR) is 74.2 cm³/mol. The van der Waals surface area contributed by atoms with Crippen molar-refractivity contribution in [1.29, 1.82) is 0 Å². The fourth-order valence-corrected chi connectivity index (χ4v) is 2.50. The van der Waals surface area contributed by atoms with Gasteiger partial charge in [-0.1, -0.05) is 18.2 Å². The molecule has 2 aromatic rings. The van der Waals surface area contributed by atoms with E-state index in [9.17, 15) is 24.5 Å². The normalized spacial score (nSPS) is 12.2. The monoisotopic (exact) mass is 294 g/mol. The van der Waals surface area contributed by atoms with E-state index in [1.54, 1.807) is 0 Å². The van der Waals surface area contributed by atoms with Crippen molar-refractivity contribution in [2.45, 2.75) is 0 Å². The molecule has 7 heteroatoms. The number of aliphatic imine (C=N–C) groups is 1. The lowest BCUT2D eigenvalue weighted by Crippen LogP contribution is -2.22. The van der Waals surface area contributed by atoms with Crippen LogP contribution in [0.1, 0.15) is 31.8 Å². The van der Waals surface area contributed by atoms with Crippen molar-refractivity contribution in [1.82, 2.24) is 0 Å². The highest BCUT2D eigenvalue weighted by atomic mass is 16.6. The number of nitro benzene ring substituents is 1. The first kappa shape index (κ1) is 13.5. The second kappa shape index (κ2) is 4.83. The second-order valence-electron chi connectivity index (χ2n) is 4.52. The Morgan fingerprint density at radius 1 is 0.955 bits per heavy atom. The molecule has 0 fully saturated rings. The molecule has 0 atom stereocenters. The average molecular weight is 294 g/mol. The lowest BCUT2D eigenvalue weighted by molar-refractivity contribution is -0.385. The van der Waals surface area contributed by atoms with Crippen molar-refractivity contribution < 1.29 is 19.3 Å². The van der Waals surface area contributed by atoms with Crippen molar-refractivity contribution in [3.8, 4) is 0 Å². The van der Waals surface area contributed by atoms with E-state index in [1.165, 1.54) is 42.5 Å². The lowest BCUT2D eigenvalue weighted by atomic mass is 9.82. The molecular formula is C15H6N2O5. The van der Waals surface area contributed by atoms with Crippen LogP contribution in [0.5, 0.6) is 0 Å². The van der Waals surface area contributed by atoms with Crippen LogP contribution >= 0.6 is 0 Å². The van der Waals surface area contributed by atoms with E-state index in [4.69, 9.17) is 0 Å². The summed E-state index contributed by atoms with van der Waals surface area (Å²) < 4.78 is 0. The van der Waals surface area contributed by atoms with Gasteiger partial charge in [-0.3, -0.25) is 19.7 Å². The Kier molecular flexibility index (Phi) is 2.98. The molecular weight excluding hydrogens is 288 g/mol. The quantitative estimate of drug-likeness (QED) is 0.312. The van der Waals surface area contributed by atoms with Crippen LogP contribution in [0.15, 0.2) is 41.4 Å². The van der Waals surface area contributed by atoms with Gasteiger partial charge in [0.15, 0.2) is 5.78 Å². The number of benzene rings is 2. The Morgan fingerprint density at radius 2 is 1.55 bits per heavy atom. The SMILES string of the molecule is O=C=Nc1cccc2c1C(=O)c1cccc([N+](=O)[O-])c1C2=O. The number of nitrogens with zero attached hydrogens (tertiary/aromatic N) is 2. The van der Waals surface area contributed by atoms with E-state index in [0.29, 0.717) is 0 Å². The second-order valence-corrected chi connectivity index (χ2v) is 4.52. The molecule has 0 saturated heterocycles. The standard InChI is InChI=1S/C15H6N2O5/c18-7-16-10-5-1-3-8-12(10)14(19)9-4-2-6-11(17(21)22)13(9)15(8)20/h1-6H. The molecule has 0 bridgehead atoms. The van der Waals surface area contributed by atoms with Crippen LogP contribution in [0.4, 0.5) is 11.4 Å². The zero-order chi connectivity index (χ0) is 15.9. The van der Waals surface area contributed by atoms with Crippen molar-refractivity contribution in [3.05, 3.63) is 68.8 Å². The molecule has 0 radical (unpaired) electrons. The molecule has 0 aliphatic heterocycles. The van der Waals surface area contributed by atoms with Crippen molar-refractivity contribution in [2.24, 2.45) is 4.99 Å². The van der Waals surface area contributed by atoms with E-state index in [-0.39, 0.29) is 27.9 Å². The zero-order valence-electron chi connectivity index (χ0n) is 10.9. The van der Waals surface area contributed by atoms with Gasteiger partial charge in [0.05, 0.1) is 16.2 Å². The summed E-state index contributed by atoms with van der Waals surface area (Å²) in [5.41, 5.74) is -0.765. The molecule has 1 aliphatic rings. The summed E-state index contributed by atoms with van der Waals surface area (Å²) in [4.78, 5) is 49.4. The molecule has 3 rings (SSSR count). The van der Waals surface area contributed by atoms with Gasteiger partial charge in [-0.25, -0.2) is 4.79 Å². The van der Waals surface area contributed by atoms with Gasteiger partial charge in [-0.05, 0) is 12.1 Å². The van der Waals surface area contributed by atoms with Crippen molar-refractivity contribution in [3.63, 3.8) is 0 Å². The molecule has 0 saturated carbocycles. The van der Waals surface area contributed by atoms with Crippen LogP contribution < -0.4 is 0 Å². The van der Waals surface area contributed by atoms with E-state index < -0.39 is 22.2 Å². The number of carbonyl (C=O) groups excluding carboxylic acids is 3. The topological polar surface area (TPSA) is 107 Å². The molecule has 1 aliphatic carbocycles. The number of isocyanates is 1. The van der Waals surface area contributed by atoms with Crippen molar-refractivity contribution in [2.75, 3.05) is 0 Å². The Morgan fingerprint density at radius 3 is 2.18 bits per heavy atom. The summed E-state index contributed by atoms with van der Waals surface area (Å²) in [6.45, 7) is 0. The maximum absolute atomic E-state index is 12.6. The van der Waals surface area contributed by atoms with Crippen molar-refractivity contribution >= 4 is 29.0 Å². The van der Waals surface area contributed by atoms with Gasteiger partial charge in [-0.2, -0.15) is 4.99 Å². The van der Waals surface area contributed by atoms with Gasteiger partial charge in [0.2, 0.25) is 11.9 Å². The Balaban J connectivity index is 2.37. The van der Waals surface area contributed by atoms with Crippen LogP contribution in [0, 0.1) is 10.1 Å². The Hall–Kier alpha value is -3.44. The number of hydrogen-bond acceptors (Lipinski definition) is 6. The van der Waals surface area contributed by atoms with Crippen LogP contribution in [0.2, 0.25) is 0 Å². The number of rotatable bonds is 2. The first-order valence-electron chi connectivity index (χ1n) is 6.14. The minimum Gasteiger partial charge on any atom is -0.288 e. The molecule has 7 nitrogen and oxygen atoms in total. The van der Waals surface area contributed by atoms with Crippen LogP contribution in [0.3, 0.4) is 0 Å². The molecule has 106 valence electrons. The number of hydrogen-bond donors (Lipinski definition) is 0. The predicted octanol–water partition coefficient (Wildman–Crippen LogP) is 2.34. The molecule has 2 aromatic carbocycles. The average Bonchev–Trinajstić information content (AvgIpc) is 2.52. The molecule has 0 heterocycles. The van der Waals surface area contributed by atoms with E-state index in [1.807, 2.05) is 0 Å². The lowest BCUT2D eigenvalue weighted by Gasteiger charge is -2.18. The smallest absolute Gasteiger partial charge is 0.281 e. The van der Waals surface area contributed by atoms with Gasteiger partial charge in [0.25, 0.3) is 5.69 Å². The van der Waals surface area contributed by atoms with Crippen LogP contribution in [0.25, 0.3) is 0 Å². The minimum atomic E-state index is -0.706. The first-order chi connectivity index (χ1) is 10.6. The van der Waals surface area contributed by atoms with Gasteiger partial charge >= 0.3 is 0 Å². The largest absolute Gasteiger partial charge is 0.288 e. The fourth-order valence-electron chi connectivity index (χ4n) is 2.50. The molecule has 0 N–H and O–H groups in total. The summed E-state index contributed by atoms with van der Waals surface area (Å²) in [5, 5.41) is 11.1. The molecule has 0 amide bonds. The van der Waals surface area contributed by atoms with E-state index in [0.717, 1.165) is 0 Å². The molecule has 22 heavy (non-hydrogen) atoms. The minimum absolute atomic E-state index is 0.0108. The Bertz CT molecular complexity index is 849. The Labute approximate surface area is 123 Å². The molecule has 0 unspecified atom stereocenters. The maximum atomic E-state index is 12.6. The summed E-state index contributed by atoms with van der Waals surface area (Å²) >= 11 is 0. The third-order valence-corrected chi connectivity index (χ3v) is 3.39. The molecule has 0 spiro atoms. The summed E-state index contributed by atoms with van der Waals surface area (Å²) in [5.74, 6) is -1.22. The van der Waals surface area contributed by atoms with Gasteiger partial charge in [0, 0.05) is 17.2 Å². The summed E-state index contributed by atoms with van der Waals surface area (Å²) in [6.07, 6.45) is 1.33. The van der Waals surface area contributed by atoms with Crippen LogP contribution in [-0.4, -0.2) is 22.6 Å². The van der Waals surface area contributed by atoms with Crippen LogP contribution in [-0.2, 0) is 4.79 Å². The summed E-state index contributed by atoms with van der Waals surface area (Å²) in [6, 6.07) is 8.06. The van der Waals surface area contributed by atoms with Gasteiger partial charge < -0.3 is 0 Å². The van der Waals surface area contributed by atoms with Gasteiger partial charge in [0.1, 0.15) is 5.56 Å². The maximum Gasteiger partial charge on any atom is 0.281 e. The van der Waals surface area contributed by atoms with Gasteiger partial charge in [-0.15, -0.1) is 0 Å². The third kappa shape index (κ3) is 1.77. The van der Waals surface area contributed by atoms with E-state index >= 15 is 0 Å². The highest BCUT2D eigenvalue weighted by Crippen LogP contribution is 2.36. The molecule has 0 aromatic heterocycles. The number of nitro groups is 1. The number of fused-ring (bicyclic) bond motifs is 2. The summed E-state index contributed by atoms with van der Waals surface area (Å²) in [7, 11) is 0. The fraction of sp³-hybridized carbons (Fsp3) is 0. The highest BCUT2D eigenvalue weighted by Gasteiger charge is 2.36. The first-order valence-corrected chi connectivity index (χ1v) is 6.14. The zero-order valence-corrected chi connectivity index (χ0v) is 10.9. The third-order valence-electron chi connectivity index (χ3n) is 3.39.